The van der Waals surface area contributed by atoms with Gasteiger partial charge in [-0.2, -0.15) is 0 Å². The molecule has 7 nitrogen and oxygen atoms in total. The lowest BCUT2D eigenvalue weighted by atomic mass is 10.3. The van der Waals surface area contributed by atoms with Crippen molar-refractivity contribution >= 4 is 17.6 Å². The van der Waals surface area contributed by atoms with E-state index in [2.05, 4.69) is 15.6 Å². The Morgan fingerprint density at radius 2 is 2.15 bits per heavy atom. The molecule has 20 heavy (non-hydrogen) atoms. The van der Waals surface area contributed by atoms with Crippen LogP contribution in [0.25, 0.3) is 0 Å². The maximum Gasteiger partial charge on any atom is 0.287 e. The van der Waals surface area contributed by atoms with Crippen molar-refractivity contribution < 1.29 is 19.1 Å². The maximum absolute atomic E-state index is 11.9. The zero-order valence-electron chi connectivity index (χ0n) is 10.7. The van der Waals surface area contributed by atoms with E-state index in [0.29, 0.717) is 0 Å². The molecule has 2 heterocycles. The van der Waals surface area contributed by atoms with Crippen molar-refractivity contribution in [2.24, 2.45) is 0 Å². The smallest absolute Gasteiger partial charge is 0.287 e. The summed E-state index contributed by atoms with van der Waals surface area (Å²) < 4.78 is 4.92. The van der Waals surface area contributed by atoms with Gasteiger partial charge >= 0.3 is 0 Å². The molecule has 0 aliphatic heterocycles. The van der Waals surface area contributed by atoms with Gasteiger partial charge in [-0.3, -0.25) is 9.59 Å². The first-order valence-electron chi connectivity index (χ1n) is 5.87. The van der Waals surface area contributed by atoms with Crippen molar-refractivity contribution in [1.29, 1.82) is 0 Å². The van der Waals surface area contributed by atoms with Crippen LogP contribution >= 0.6 is 0 Å². The second-order valence-electron chi connectivity index (χ2n) is 4.03. The molecule has 0 saturated heterocycles. The number of anilines is 1. The molecule has 7 heteroatoms. The molecule has 3 N–H and O–H groups in total. The van der Waals surface area contributed by atoms with E-state index in [1.807, 2.05) is 0 Å². The number of carbonyl (C=O) groups is 2. The van der Waals surface area contributed by atoms with Crippen molar-refractivity contribution in [2.75, 3.05) is 5.32 Å². The third-order valence-electron chi connectivity index (χ3n) is 2.51. The fourth-order valence-corrected chi connectivity index (χ4v) is 1.46. The first-order chi connectivity index (χ1) is 9.58. The Morgan fingerprint density at radius 1 is 1.35 bits per heavy atom. The molecule has 0 aromatic carbocycles. The molecule has 0 aliphatic rings. The molecule has 1 atom stereocenters. The lowest BCUT2D eigenvalue weighted by Crippen LogP contribution is -2.41. The van der Waals surface area contributed by atoms with Gasteiger partial charge in [-0.15, -0.1) is 0 Å². The molecule has 1 unspecified atom stereocenters. The third-order valence-corrected chi connectivity index (χ3v) is 2.51. The second kappa shape index (κ2) is 5.87. The van der Waals surface area contributed by atoms with Crippen molar-refractivity contribution in [1.82, 2.24) is 10.3 Å². The molecule has 0 radical (unpaired) electrons. The van der Waals surface area contributed by atoms with Crippen LogP contribution in [0.15, 0.2) is 41.1 Å². The monoisotopic (exact) mass is 275 g/mol. The molecule has 2 aromatic rings. The average Bonchev–Trinajstić information content (AvgIpc) is 2.95. The lowest BCUT2D eigenvalue weighted by molar-refractivity contribution is -0.117. The Labute approximate surface area is 114 Å². The summed E-state index contributed by atoms with van der Waals surface area (Å²) >= 11 is 0. The van der Waals surface area contributed by atoms with Gasteiger partial charge in [0, 0.05) is 6.20 Å². The molecule has 2 amide bonds. The standard InChI is InChI=1S/C13H13N3O4/c1-8(15-13(19)10-5-3-7-20-10)12(18)16-11-9(17)4-2-6-14-11/h2-8,17H,1H3,(H,15,19)(H,14,16,18). The minimum atomic E-state index is -0.811. The Kier molecular flexibility index (Phi) is 3.99. The molecule has 0 saturated carbocycles. The number of carbonyl (C=O) groups excluding carboxylic acids is 2. The van der Waals surface area contributed by atoms with Crippen molar-refractivity contribution in [2.45, 2.75) is 13.0 Å². The molecule has 0 fully saturated rings. The fraction of sp³-hybridized carbons (Fsp3) is 0.154. The zero-order valence-corrected chi connectivity index (χ0v) is 10.7. The van der Waals surface area contributed by atoms with E-state index in [0.717, 1.165) is 0 Å². The van der Waals surface area contributed by atoms with Gasteiger partial charge in [-0.25, -0.2) is 4.98 Å². The number of nitrogens with one attached hydrogen (secondary N) is 2. The van der Waals surface area contributed by atoms with E-state index < -0.39 is 17.9 Å². The van der Waals surface area contributed by atoms with Crippen LogP contribution in [-0.4, -0.2) is 27.9 Å². The minimum Gasteiger partial charge on any atom is -0.504 e. The highest BCUT2D eigenvalue weighted by molar-refractivity contribution is 5.99. The number of nitrogens with zero attached hydrogens (tertiary/aromatic N) is 1. The van der Waals surface area contributed by atoms with Crippen LogP contribution in [-0.2, 0) is 4.79 Å². The molecule has 0 bridgehead atoms. The number of hydrogen-bond donors (Lipinski definition) is 3. The highest BCUT2D eigenvalue weighted by atomic mass is 16.3. The van der Waals surface area contributed by atoms with Gasteiger partial charge in [0.15, 0.2) is 17.3 Å². The summed E-state index contributed by atoms with van der Waals surface area (Å²) in [5.41, 5.74) is 0. The van der Waals surface area contributed by atoms with Gasteiger partial charge in [0.05, 0.1) is 6.26 Å². The van der Waals surface area contributed by atoms with Crippen LogP contribution in [0.4, 0.5) is 5.82 Å². The van der Waals surface area contributed by atoms with E-state index >= 15 is 0 Å². The minimum absolute atomic E-state index is 0.0385. The van der Waals surface area contributed by atoms with Crippen LogP contribution in [0.3, 0.4) is 0 Å². The fourth-order valence-electron chi connectivity index (χ4n) is 1.46. The number of pyridine rings is 1. The van der Waals surface area contributed by atoms with E-state index in [1.54, 1.807) is 6.07 Å². The molecule has 2 rings (SSSR count). The second-order valence-corrected chi connectivity index (χ2v) is 4.03. The van der Waals surface area contributed by atoms with E-state index in [1.165, 1.54) is 37.6 Å². The first kappa shape index (κ1) is 13.6. The summed E-state index contributed by atoms with van der Waals surface area (Å²) in [5.74, 6) is -0.992. The zero-order chi connectivity index (χ0) is 14.5. The number of amides is 2. The van der Waals surface area contributed by atoms with E-state index in [4.69, 9.17) is 4.42 Å². The van der Waals surface area contributed by atoms with E-state index in [9.17, 15) is 14.7 Å². The van der Waals surface area contributed by atoms with Crippen molar-refractivity contribution in [3.63, 3.8) is 0 Å². The van der Waals surface area contributed by atoms with Gasteiger partial charge < -0.3 is 20.2 Å². The first-order valence-corrected chi connectivity index (χ1v) is 5.87. The van der Waals surface area contributed by atoms with Crippen LogP contribution < -0.4 is 10.6 Å². The van der Waals surface area contributed by atoms with Crippen molar-refractivity contribution in [3.05, 3.63) is 42.5 Å². The molecular weight excluding hydrogens is 262 g/mol. The topological polar surface area (TPSA) is 104 Å². The average molecular weight is 275 g/mol. The molecule has 0 spiro atoms. The van der Waals surface area contributed by atoms with E-state index in [-0.39, 0.29) is 17.3 Å². The van der Waals surface area contributed by atoms with Gasteiger partial charge in [0.2, 0.25) is 5.91 Å². The maximum atomic E-state index is 11.9. The summed E-state index contributed by atoms with van der Waals surface area (Å²) in [7, 11) is 0. The Bertz CT molecular complexity index is 610. The Hall–Kier alpha value is -2.83. The Balaban J connectivity index is 1.96. The van der Waals surface area contributed by atoms with Crippen LogP contribution in [0.5, 0.6) is 5.75 Å². The van der Waals surface area contributed by atoms with Crippen LogP contribution in [0.2, 0.25) is 0 Å². The van der Waals surface area contributed by atoms with Crippen LogP contribution in [0, 0.1) is 0 Å². The number of aromatic hydroxyl groups is 1. The number of furan rings is 1. The molecule has 0 aliphatic carbocycles. The van der Waals surface area contributed by atoms with Crippen molar-refractivity contribution in [3.8, 4) is 5.75 Å². The number of hydrogen-bond acceptors (Lipinski definition) is 5. The van der Waals surface area contributed by atoms with Gasteiger partial charge in [0.1, 0.15) is 6.04 Å². The lowest BCUT2D eigenvalue weighted by Gasteiger charge is -2.13. The third kappa shape index (κ3) is 3.14. The predicted octanol–water partition coefficient (Wildman–Crippen LogP) is 1.14. The van der Waals surface area contributed by atoms with Gasteiger partial charge in [-0.1, -0.05) is 0 Å². The van der Waals surface area contributed by atoms with Crippen LogP contribution in [0.1, 0.15) is 17.5 Å². The number of rotatable bonds is 4. The summed E-state index contributed by atoms with van der Waals surface area (Å²) in [4.78, 5) is 27.4. The normalized spacial score (nSPS) is 11.7. The summed E-state index contributed by atoms with van der Waals surface area (Å²) in [6, 6.07) is 5.19. The number of aromatic nitrogens is 1. The largest absolute Gasteiger partial charge is 0.504 e. The highest BCUT2D eigenvalue weighted by Crippen LogP contribution is 2.18. The summed E-state index contributed by atoms with van der Waals surface area (Å²) in [6.45, 7) is 1.51. The molecule has 104 valence electrons. The molecule has 2 aromatic heterocycles. The summed E-state index contributed by atoms with van der Waals surface area (Å²) in [6.07, 6.45) is 2.80. The Morgan fingerprint density at radius 3 is 2.80 bits per heavy atom. The SMILES string of the molecule is CC(NC(=O)c1ccco1)C(=O)Nc1ncccc1O. The van der Waals surface area contributed by atoms with Gasteiger partial charge in [-0.05, 0) is 31.2 Å². The molecular formula is C13H13N3O4. The summed E-state index contributed by atoms with van der Waals surface area (Å²) in [5, 5.41) is 14.4. The highest BCUT2D eigenvalue weighted by Gasteiger charge is 2.19. The quantitative estimate of drug-likeness (QED) is 0.776. The predicted molar refractivity (Wildman–Crippen MR) is 70.2 cm³/mol. The van der Waals surface area contributed by atoms with Gasteiger partial charge in [0.25, 0.3) is 5.91 Å².